The first-order valence-electron chi connectivity index (χ1n) is 5.54. The lowest BCUT2D eigenvalue weighted by Crippen LogP contribution is -2.27. The highest BCUT2D eigenvalue weighted by Crippen LogP contribution is 2.27. The van der Waals surface area contributed by atoms with Crippen LogP contribution in [0.3, 0.4) is 0 Å². The lowest BCUT2D eigenvalue weighted by atomic mass is 9.95. The highest BCUT2D eigenvalue weighted by atomic mass is 35.5. The topological polar surface area (TPSA) is 44.1 Å². The van der Waals surface area contributed by atoms with Gasteiger partial charge in [-0.15, -0.1) is 0 Å². The molecule has 4 nitrogen and oxygen atoms in total. The van der Waals surface area contributed by atoms with Crippen LogP contribution in [0.4, 0.5) is 0 Å². The highest BCUT2D eigenvalue weighted by Gasteiger charge is 2.19. The van der Waals surface area contributed by atoms with E-state index in [0.29, 0.717) is 0 Å². The summed E-state index contributed by atoms with van der Waals surface area (Å²) in [4.78, 5) is 16.0. The lowest BCUT2D eigenvalue weighted by Gasteiger charge is -2.23. The van der Waals surface area contributed by atoms with Crippen molar-refractivity contribution in [1.29, 1.82) is 0 Å². The van der Waals surface area contributed by atoms with Crippen LogP contribution in [0.2, 0.25) is 5.15 Å². The van der Waals surface area contributed by atoms with Gasteiger partial charge in [-0.1, -0.05) is 30.9 Å². The molecular weight excluding hydrogens is 228 g/mol. The molecule has 0 bridgehead atoms. The summed E-state index contributed by atoms with van der Waals surface area (Å²) in [6, 6.07) is 0.250. The van der Waals surface area contributed by atoms with Gasteiger partial charge in [-0.3, -0.25) is 9.36 Å². The fraction of sp³-hybridized carbons (Fsp3) is 0.636. The van der Waals surface area contributed by atoms with E-state index < -0.39 is 0 Å². The molecule has 1 aromatic heterocycles. The van der Waals surface area contributed by atoms with E-state index in [-0.39, 0.29) is 22.5 Å². The Bertz CT molecular complexity index is 424. The summed E-state index contributed by atoms with van der Waals surface area (Å²) < 4.78 is 6.64. The van der Waals surface area contributed by atoms with Gasteiger partial charge in [0.15, 0.2) is 5.15 Å². The fourth-order valence-electron chi connectivity index (χ4n) is 2.22. The summed E-state index contributed by atoms with van der Waals surface area (Å²) in [6.07, 6.45) is 7.19. The minimum atomic E-state index is -0.172. The van der Waals surface area contributed by atoms with Gasteiger partial charge in [-0.05, 0) is 12.8 Å². The predicted molar refractivity (Wildman–Crippen MR) is 62.2 cm³/mol. The molecule has 1 aliphatic carbocycles. The molecule has 16 heavy (non-hydrogen) atoms. The molecule has 0 N–H and O–H groups in total. The number of hydrogen-bond acceptors (Lipinski definition) is 3. The zero-order valence-corrected chi connectivity index (χ0v) is 10.0. The van der Waals surface area contributed by atoms with Crippen LogP contribution < -0.4 is 10.3 Å². The minimum absolute atomic E-state index is 0.138. The number of halogens is 1. The maximum Gasteiger partial charge on any atom is 0.297 e. The van der Waals surface area contributed by atoms with Crippen molar-refractivity contribution in [2.24, 2.45) is 0 Å². The van der Waals surface area contributed by atoms with E-state index in [4.69, 9.17) is 16.3 Å². The van der Waals surface area contributed by atoms with E-state index in [0.717, 1.165) is 12.8 Å². The Morgan fingerprint density at radius 3 is 2.75 bits per heavy atom. The van der Waals surface area contributed by atoms with E-state index in [1.807, 2.05) is 0 Å². The molecular formula is C11H15ClN2O2. The fourth-order valence-corrected chi connectivity index (χ4v) is 2.42. The van der Waals surface area contributed by atoms with Gasteiger partial charge >= 0.3 is 0 Å². The van der Waals surface area contributed by atoms with E-state index in [2.05, 4.69) is 4.98 Å². The highest BCUT2D eigenvalue weighted by molar-refractivity contribution is 6.30. The third-order valence-electron chi connectivity index (χ3n) is 3.08. The maximum atomic E-state index is 12.0. The molecule has 0 saturated heterocycles. The molecule has 2 rings (SSSR count). The molecule has 0 spiro atoms. The number of aromatic nitrogens is 2. The van der Waals surface area contributed by atoms with Crippen molar-refractivity contribution in [3.8, 4) is 5.75 Å². The average molecular weight is 243 g/mol. The molecule has 5 heteroatoms. The van der Waals surface area contributed by atoms with Crippen molar-refractivity contribution >= 4 is 11.6 Å². The van der Waals surface area contributed by atoms with Gasteiger partial charge in [0.05, 0.1) is 13.4 Å². The summed E-state index contributed by atoms with van der Waals surface area (Å²) >= 11 is 5.79. The average Bonchev–Trinajstić information content (AvgIpc) is 2.31. The second-order valence-electron chi connectivity index (χ2n) is 4.07. The van der Waals surface area contributed by atoms with E-state index in [9.17, 15) is 4.79 Å². The molecule has 0 radical (unpaired) electrons. The van der Waals surface area contributed by atoms with Gasteiger partial charge in [0.1, 0.15) is 0 Å². The quantitative estimate of drug-likeness (QED) is 0.748. The third kappa shape index (κ3) is 2.07. The number of rotatable bonds is 2. The van der Waals surface area contributed by atoms with E-state index >= 15 is 0 Å². The smallest absolute Gasteiger partial charge is 0.297 e. The van der Waals surface area contributed by atoms with Gasteiger partial charge < -0.3 is 4.74 Å². The van der Waals surface area contributed by atoms with Gasteiger partial charge in [0.25, 0.3) is 5.56 Å². The summed E-state index contributed by atoms with van der Waals surface area (Å²) in [5.41, 5.74) is -0.172. The van der Waals surface area contributed by atoms with Crippen molar-refractivity contribution in [2.45, 2.75) is 38.1 Å². The van der Waals surface area contributed by atoms with Crippen molar-refractivity contribution < 1.29 is 4.74 Å². The molecule has 88 valence electrons. The molecule has 1 aliphatic rings. The standard InChI is InChI=1S/C11H15ClN2O2/c1-16-9-10(12)13-7-14(11(9)15)8-5-3-2-4-6-8/h7-8H,2-6H2,1H3. The first kappa shape index (κ1) is 11.5. The van der Waals surface area contributed by atoms with Gasteiger partial charge in [-0.2, -0.15) is 0 Å². The Hall–Kier alpha value is -1.03. The zero-order valence-electron chi connectivity index (χ0n) is 9.28. The monoisotopic (exact) mass is 242 g/mol. The normalized spacial score (nSPS) is 17.4. The lowest BCUT2D eigenvalue weighted by molar-refractivity contribution is 0.331. The Labute approximate surface area is 99.2 Å². The van der Waals surface area contributed by atoms with Gasteiger partial charge in [-0.25, -0.2) is 4.98 Å². The first-order chi connectivity index (χ1) is 7.74. The number of methoxy groups -OCH3 is 1. The first-order valence-corrected chi connectivity index (χ1v) is 5.92. The second kappa shape index (κ2) is 4.87. The molecule has 1 aromatic rings. The largest absolute Gasteiger partial charge is 0.489 e. The summed E-state index contributed by atoms with van der Waals surface area (Å²) in [5, 5.41) is 0.138. The predicted octanol–water partition coefficient (Wildman–Crippen LogP) is 2.41. The number of hydrogen-bond donors (Lipinski definition) is 0. The SMILES string of the molecule is COc1c(Cl)ncn(C2CCCCC2)c1=O. The van der Waals surface area contributed by atoms with E-state index in [1.165, 1.54) is 32.7 Å². The molecule has 0 amide bonds. The molecule has 0 atom stereocenters. The Balaban J connectivity index is 2.37. The third-order valence-corrected chi connectivity index (χ3v) is 3.35. The second-order valence-corrected chi connectivity index (χ2v) is 4.43. The summed E-state index contributed by atoms with van der Waals surface area (Å²) in [7, 11) is 1.44. The van der Waals surface area contributed by atoms with Crippen molar-refractivity contribution in [2.75, 3.05) is 7.11 Å². The maximum absolute atomic E-state index is 12.0. The van der Waals surface area contributed by atoms with Crippen molar-refractivity contribution in [3.63, 3.8) is 0 Å². The van der Waals surface area contributed by atoms with Crippen LogP contribution >= 0.6 is 11.6 Å². The zero-order chi connectivity index (χ0) is 11.5. The molecule has 0 unspecified atom stereocenters. The Morgan fingerprint density at radius 1 is 1.44 bits per heavy atom. The van der Waals surface area contributed by atoms with Crippen LogP contribution in [0, 0.1) is 0 Å². The molecule has 1 fully saturated rings. The molecule has 1 saturated carbocycles. The van der Waals surface area contributed by atoms with Crippen LogP contribution in [0.15, 0.2) is 11.1 Å². The van der Waals surface area contributed by atoms with Crippen molar-refractivity contribution in [1.82, 2.24) is 9.55 Å². The summed E-state index contributed by atoms with van der Waals surface area (Å²) in [5.74, 6) is 0.148. The van der Waals surface area contributed by atoms with Crippen LogP contribution in [0.25, 0.3) is 0 Å². The van der Waals surface area contributed by atoms with Gasteiger partial charge in [0, 0.05) is 6.04 Å². The molecule has 1 heterocycles. The number of ether oxygens (including phenoxy) is 1. The van der Waals surface area contributed by atoms with Crippen LogP contribution in [0.5, 0.6) is 5.75 Å². The van der Waals surface area contributed by atoms with Crippen LogP contribution in [0.1, 0.15) is 38.1 Å². The molecule has 0 aromatic carbocycles. The summed E-state index contributed by atoms with van der Waals surface area (Å²) in [6.45, 7) is 0. The van der Waals surface area contributed by atoms with E-state index in [1.54, 1.807) is 4.57 Å². The Morgan fingerprint density at radius 2 is 2.12 bits per heavy atom. The van der Waals surface area contributed by atoms with Gasteiger partial charge in [0.2, 0.25) is 5.75 Å². The minimum Gasteiger partial charge on any atom is -0.489 e. The van der Waals surface area contributed by atoms with Crippen LogP contribution in [-0.4, -0.2) is 16.7 Å². The van der Waals surface area contributed by atoms with Crippen LogP contribution in [-0.2, 0) is 0 Å². The Kier molecular flexibility index (Phi) is 3.49. The van der Waals surface area contributed by atoms with Crippen molar-refractivity contribution in [3.05, 3.63) is 21.8 Å². The number of nitrogens with zero attached hydrogens (tertiary/aromatic N) is 2. The molecule has 0 aliphatic heterocycles.